The normalized spacial score (nSPS) is 12.7. The number of hydrogen-bond donors (Lipinski definition) is 0. The predicted molar refractivity (Wildman–Crippen MR) is 325 cm³/mol. The smallest absolute Gasteiger partial charge is 0.306 e. The van der Waals surface area contributed by atoms with Crippen molar-refractivity contribution in [2.45, 2.75) is 309 Å². The quantitative estimate of drug-likeness (QED) is 0.0261. The van der Waals surface area contributed by atoms with Crippen molar-refractivity contribution in [2.75, 3.05) is 13.2 Å². The Morgan fingerprint density at radius 1 is 0.280 bits per heavy atom. The Morgan fingerprint density at radius 3 is 0.867 bits per heavy atom. The second kappa shape index (κ2) is 62.9. The van der Waals surface area contributed by atoms with Gasteiger partial charge in [-0.25, -0.2) is 0 Å². The topological polar surface area (TPSA) is 78.9 Å². The van der Waals surface area contributed by atoms with Crippen LogP contribution in [0.2, 0.25) is 0 Å². The van der Waals surface area contributed by atoms with Gasteiger partial charge in [0.25, 0.3) is 0 Å². The van der Waals surface area contributed by atoms with E-state index in [4.69, 9.17) is 14.2 Å². The van der Waals surface area contributed by atoms with E-state index in [9.17, 15) is 14.4 Å². The molecule has 0 saturated carbocycles. The third-order valence-corrected chi connectivity index (χ3v) is 13.5. The van der Waals surface area contributed by atoms with Gasteiger partial charge in [-0.3, -0.25) is 14.4 Å². The van der Waals surface area contributed by atoms with Crippen LogP contribution in [0.5, 0.6) is 0 Å². The zero-order chi connectivity index (χ0) is 54.3. The molecule has 430 valence electrons. The Labute approximate surface area is 464 Å². The second-order valence-electron chi connectivity index (χ2n) is 20.9. The highest BCUT2D eigenvalue weighted by atomic mass is 16.6. The minimum absolute atomic E-state index is 0.0918. The van der Waals surface area contributed by atoms with Crippen molar-refractivity contribution >= 4 is 17.9 Å². The third kappa shape index (κ3) is 61.1. The molecule has 0 N–H and O–H groups in total. The highest BCUT2D eigenvalue weighted by molar-refractivity contribution is 5.71. The molecule has 0 rings (SSSR count). The summed E-state index contributed by atoms with van der Waals surface area (Å²) in [4.78, 5) is 38.3. The minimum atomic E-state index is -0.798. The average Bonchev–Trinajstić information content (AvgIpc) is 3.41. The van der Waals surface area contributed by atoms with Crippen LogP contribution in [0.3, 0.4) is 0 Å². The summed E-state index contributed by atoms with van der Waals surface area (Å²) >= 11 is 0. The van der Waals surface area contributed by atoms with Crippen LogP contribution in [-0.4, -0.2) is 37.2 Å². The SMILES string of the molecule is CC/C=C\C/C=C\C/C=C\C/C=C\C/C=C\CCCCCC(=O)OC[C@@H](COC(=O)CCCCCCCCC/C=C\CCCCCCCCCC)OC(=O)CCCCCCCCCCC/C=C\C/C=C\CCCCC. The van der Waals surface area contributed by atoms with E-state index in [1.165, 1.54) is 161 Å². The second-order valence-corrected chi connectivity index (χ2v) is 20.9. The lowest BCUT2D eigenvalue weighted by Crippen LogP contribution is -2.30. The summed E-state index contributed by atoms with van der Waals surface area (Å²) in [5.41, 5.74) is 0. The van der Waals surface area contributed by atoms with Crippen molar-refractivity contribution in [1.29, 1.82) is 0 Å². The Balaban J connectivity index is 4.45. The molecule has 6 nitrogen and oxygen atoms in total. The van der Waals surface area contributed by atoms with Gasteiger partial charge in [0.05, 0.1) is 0 Å². The van der Waals surface area contributed by atoms with Gasteiger partial charge in [-0.15, -0.1) is 0 Å². The van der Waals surface area contributed by atoms with Crippen molar-refractivity contribution in [1.82, 2.24) is 0 Å². The maximum Gasteiger partial charge on any atom is 0.306 e. The summed E-state index contributed by atoms with van der Waals surface area (Å²) in [5, 5.41) is 0. The highest BCUT2D eigenvalue weighted by Crippen LogP contribution is 2.16. The van der Waals surface area contributed by atoms with Crippen LogP contribution in [0.15, 0.2) is 97.2 Å². The number of ether oxygens (including phenoxy) is 3. The number of esters is 3. The fourth-order valence-electron chi connectivity index (χ4n) is 8.79. The summed E-state index contributed by atoms with van der Waals surface area (Å²) in [7, 11) is 0. The van der Waals surface area contributed by atoms with E-state index in [0.29, 0.717) is 19.3 Å². The fraction of sp³-hybridized carbons (Fsp3) is 0.725. The van der Waals surface area contributed by atoms with Crippen molar-refractivity contribution in [2.24, 2.45) is 0 Å². The van der Waals surface area contributed by atoms with Gasteiger partial charge in [-0.05, 0) is 122 Å². The summed E-state index contributed by atoms with van der Waals surface area (Å²) in [6.07, 6.45) is 84.0. The summed E-state index contributed by atoms with van der Waals surface area (Å²) in [6.45, 7) is 6.49. The highest BCUT2D eigenvalue weighted by Gasteiger charge is 2.19. The molecular weight excluding hydrogens is 925 g/mol. The molecule has 0 aromatic rings. The van der Waals surface area contributed by atoms with Crippen LogP contribution in [0.25, 0.3) is 0 Å². The van der Waals surface area contributed by atoms with Crippen LogP contribution in [0, 0.1) is 0 Å². The first kappa shape index (κ1) is 71.3. The van der Waals surface area contributed by atoms with Gasteiger partial charge in [-0.1, -0.05) is 259 Å². The molecule has 0 amide bonds. The van der Waals surface area contributed by atoms with Gasteiger partial charge in [-0.2, -0.15) is 0 Å². The number of unbranched alkanes of at least 4 members (excludes halogenated alkanes) is 30. The Bertz CT molecular complexity index is 1480. The molecule has 0 unspecified atom stereocenters. The number of carbonyl (C=O) groups is 3. The summed E-state index contributed by atoms with van der Waals surface area (Å²) in [6, 6.07) is 0. The molecule has 0 heterocycles. The number of carbonyl (C=O) groups excluding carboxylic acids is 3. The van der Waals surface area contributed by atoms with Crippen LogP contribution in [-0.2, 0) is 28.6 Å². The van der Waals surface area contributed by atoms with Gasteiger partial charge in [0.15, 0.2) is 6.10 Å². The molecule has 1 atom stereocenters. The van der Waals surface area contributed by atoms with Gasteiger partial charge >= 0.3 is 17.9 Å². The van der Waals surface area contributed by atoms with Gasteiger partial charge in [0, 0.05) is 19.3 Å². The minimum Gasteiger partial charge on any atom is -0.462 e. The number of allylic oxidation sites excluding steroid dienone is 16. The maximum absolute atomic E-state index is 12.9. The van der Waals surface area contributed by atoms with Crippen molar-refractivity contribution in [3.05, 3.63) is 97.2 Å². The molecule has 75 heavy (non-hydrogen) atoms. The Morgan fingerprint density at radius 2 is 0.520 bits per heavy atom. The molecule has 0 saturated heterocycles. The Kier molecular flexibility index (Phi) is 59.8. The van der Waals surface area contributed by atoms with Crippen LogP contribution in [0.1, 0.15) is 303 Å². The van der Waals surface area contributed by atoms with E-state index in [1.54, 1.807) is 0 Å². The lowest BCUT2D eigenvalue weighted by Gasteiger charge is -2.18. The van der Waals surface area contributed by atoms with E-state index in [0.717, 1.165) is 103 Å². The first-order valence-corrected chi connectivity index (χ1v) is 31.7. The summed E-state index contributed by atoms with van der Waals surface area (Å²) < 4.78 is 16.9. The first-order chi connectivity index (χ1) is 37.0. The zero-order valence-corrected chi connectivity index (χ0v) is 49.3. The van der Waals surface area contributed by atoms with Crippen LogP contribution >= 0.6 is 0 Å². The average molecular weight is 1040 g/mol. The molecule has 0 aliphatic heterocycles. The van der Waals surface area contributed by atoms with E-state index in [-0.39, 0.29) is 31.1 Å². The van der Waals surface area contributed by atoms with E-state index >= 15 is 0 Å². The maximum atomic E-state index is 12.9. The van der Waals surface area contributed by atoms with Gasteiger partial charge in [0.2, 0.25) is 0 Å². The van der Waals surface area contributed by atoms with E-state index in [1.807, 2.05) is 0 Å². The zero-order valence-electron chi connectivity index (χ0n) is 49.3. The third-order valence-electron chi connectivity index (χ3n) is 13.5. The molecule has 0 aromatic carbocycles. The lowest BCUT2D eigenvalue weighted by atomic mass is 10.1. The van der Waals surface area contributed by atoms with Gasteiger partial charge in [0.1, 0.15) is 13.2 Å². The van der Waals surface area contributed by atoms with E-state index < -0.39 is 6.10 Å². The van der Waals surface area contributed by atoms with E-state index in [2.05, 4.69) is 118 Å². The molecule has 0 bridgehead atoms. The van der Waals surface area contributed by atoms with Gasteiger partial charge < -0.3 is 14.2 Å². The molecule has 0 aromatic heterocycles. The number of hydrogen-bond acceptors (Lipinski definition) is 6. The summed E-state index contributed by atoms with van der Waals surface area (Å²) in [5.74, 6) is -0.924. The van der Waals surface area contributed by atoms with Crippen molar-refractivity contribution < 1.29 is 28.6 Å². The fourth-order valence-corrected chi connectivity index (χ4v) is 8.79. The van der Waals surface area contributed by atoms with Crippen LogP contribution < -0.4 is 0 Å². The lowest BCUT2D eigenvalue weighted by molar-refractivity contribution is -0.167. The molecule has 0 spiro atoms. The molecule has 0 radical (unpaired) electrons. The monoisotopic (exact) mass is 1040 g/mol. The molecule has 6 heteroatoms. The molecular formula is C69H118O6. The Hall–Kier alpha value is -3.67. The largest absolute Gasteiger partial charge is 0.462 e. The van der Waals surface area contributed by atoms with Crippen molar-refractivity contribution in [3.8, 4) is 0 Å². The number of rotatable bonds is 57. The standard InChI is InChI=1S/C69H118O6/c1-4-7-10-13-16-19-22-25-28-31-34-37-40-43-46-49-52-55-58-61-67(70)73-64-66(75-69(72)63-60-57-54-51-48-45-42-39-36-33-30-27-24-21-18-15-12-9-6-3)65-74-68(71)62-59-56-53-50-47-44-41-38-35-32-29-26-23-20-17-14-11-8-5-2/h7,10,16,18-19,21,25,27-28,30,32,34-35,37,43,46,66H,4-6,8-9,11-15,17,20,22-24,26,29,31,33,36,38-42,44-45,47-65H2,1-3H3/b10-7-,19-16-,21-18-,28-25-,30-27-,35-32-,37-34-,46-43-/t66-/m0/s1. The first-order valence-electron chi connectivity index (χ1n) is 31.7. The molecule has 0 aliphatic rings. The molecule has 0 aliphatic carbocycles. The van der Waals surface area contributed by atoms with Crippen LogP contribution in [0.4, 0.5) is 0 Å². The van der Waals surface area contributed by atoms with Crippen molar-refractivity contribution in [3.63, 3.8) is 0 Å². The predicted octanol–water partition coefficient (Wildman–Crippen LogP) is 21.7. The molecule has 0 fully saturated rings.